The van der Waals surface area contributed by atoms with Crippen LogP contribution in [0.2, 0.25) is 0 Å². The van der Waals surface area contributed by atoms with Crippen molar-refractivity contribution in [2.45, 2.75) is 33.9 Å². The van der Waals surface area contributed by atoms with Gasteiger partial charge in [-0.15, -0.1) is 5.10 Å². The van der Waals surface area contributed by atoms with Crippen LogP contribution in [0, 0.1) is 13.8 Å². The Bertz CT molecular complexity index is 640. The van der Waals surface area contributed by atoms with Gasteiger partial charge in [-0.1, -0.05) is 10.4 Å². The zero-order valence-electron chi connectivity index (χ0n) is 12.0. The fourth-order valence-electron chi connectivity index (χ4n) is 1.76. The van der Waals surface area contributed by atoms with Crippen LogP contribution in [0.15, 0.2) is 10.7 Å². The van der Waals surface area contributed by atoms with Crippen LogP contribution >= 0.6 is 0 Å². The Hall–Kier alpha value is -2.71. The minimum Gasteiger partial charge on any atom is -0.361 e. The fraction of sp³-hybridized carbons (Fsp3) is 0.417. The first-order chi connectivity index (χ1) is 9.95. The highest BCUT2D eigenvalue weighted by atomic mass is 16.5. The molecule has 0 aliphatic carbocycles. The Balaban J connectivity index is 1.87. The average Bonchev–Trinajstić information content (AvgIpc) is 2.95. The van der Waals surface area contributed by atoms with Crippen LogP contribution in [0.25, 0.3) is 0 Å². The van der Waals surface area contributed by atoms with Crippen molar-refractivity contribution in [3.05, 3.63) is 23.2 Å². The van der Waals surface area contributed by atoms with Crippen LogP contribution in [-0.4, -0.2) is 32.0 Å². The summed E-state index contributed by atoms with van der Waals surface area (Å²) in [6, 6.07) is 0. The van der Waals surface area contributed by atoms with Crippen molar-refractivity contribution >= 4 is 17.6 Å². The molecule has 0 saturated carbocycles. The van der Waals surface area contributed by atoms with E-state index >= 15 is 0 Å². The highest BCUT2D eigenvalue weighted by Crippen LogP contribution is 2.11. The summed E-state index contributed by atoms with van der Waals surface area (Å²) < 4.78 is 6.36. The van der Waals surface area contributed by atoms with E-state index in [0.29, 0.717) is 18.1 Å². The molecule has 0 spiro atoms. The summed E-state index contributed by atoms with van der Waals surface area (Å²) >= 11 is 0. The van der Waals surface area contributed by atoms with Gasteiger partial charge in [-0.3, -0.25) is 9.59 Å². The van der Waals surface area contributed by atoms with Gasteiger partial charge in [0.05, 0.1) is 11.9 Å². The third-order valence-electron chi connectivity index (χ3n) is 2.79. The molecule has 0 radical (unpaired) electrons. The second-order valence-electron chi connectivity index (χ2n) is 4.56. The lowest BCUT2D eigenvalue weighted by molar-refractivity contribution is -0.122. The first kappa shape index (κ1) is 14.7. The summed E-state index contributed by atoms with van der Waals surface area (Å²) in [5.41, 5.74) is 1.61. The number of aryl methyl sites for hydroxylation is 2. The maximum atomic E-state index is 11.8. The zero-order chi connectivity index (χ0) is 15.4. The topological polar surface area (TPSA) is 115 Å². The highest BCUT2D eigenvalue weighted by Gasteiger charge is 2.11. The van der Waals surface area contributed by atoms with E-state index in [-0.39, 0.29) is 18.4 Å². The van der Waals surface area contributed by atoms with Gasteiger partial charge >= 0.3 is 0 Å². The van der Waals surface area contributed by atoms with Crippen molar-refractivity contribution in [1.82, 2.24) is 25.5 Å². The lowest BCUT2D eigenvalue weighted by atomic mass is 10.2. The predicted molar refractivity (Wildman–Crippen MR) is 72.1 cm³/mol. The molecule has 2 amide bonds. The van der Waals surface area contributed by atoms with Crippen molar-refractivity contribution in [3.63, 3.8) is 0 Å². The van der Waals surface area contributed by atoms with Gasteiger partial charge in [0.25, 0.3) is 0 Å². The number of aromatic nitrogens is 4. The first-order valence-electron chi connectivity index (χ1n) is 6.32. The molecule has 112 valence electrons. The third-order valence-corrected chi connectivity index (χ3v) is 2.79. The molecule has 0 fully saturated rings. The summed E-state index contributed by atoms with van der Waals surface area (Å²) in [7, 11) is 0. The highest BCUT2D eigenvalue weighted by molar-refractivity contribution is 5.87. The Kier molecular flexibility index (Phi) is 4.31. The van der Waals surface area contributed by atoms with E-state index in [0.717, 1.165) is 11.3 Å². The molecule has 2 N–H and O–H groups in total. The number of hydrogen-bond acceptors (Lipinski definition) is 6. The van der Waals surface area contributed by atoms with Crippen molar-refractivity contribution in [2.24, 2.45) is 0 Å². The number of anilines is 1. The molecule has 0 unspecified atom stereocenters. The van der Waals surface area contributed by atoms with Gasteiger partial charge in [0.2, 0.25) is 11.8 Å². The van der Waals surface area contributed by atoms with Crippen molar-refractivity contribution in [1.29, 1.82) is 0 Å². The molecule has 9 heteroatoms. The van der Waals surface area contributed by atoms with E-state index < -0.39 is 0 Å². The van der Waals surface area contributed by atoms with E-state index in [1.54, 1.807) is 6.92 Å². The number of nitrogens with zero attached hydrogens (tertiary/aromatic N) is 4. The maximum Gasteiger partial charge on any atom is 0.242 e. The van der Waals surface area contributed by atoms with Crippen molar-refractivity contribution < 1.29 is 14.1 Å². The molecular weight excluding hydrogens is 276 g/mol. The molecule has 2 aromatic rings. The molecule has 21 heavy (non-hydrogen) atoms. The quantitative estimate of drug-likeness (QED) is 0.811. The minimum absolute atomic E-state index is 0.00988. The number of amides is 2. The predicted octanol–water partition coefficient (Wildman–Crippen LogP) is 0.158. The summed E-state index contributed by atoms with van der Waals surface area (Å²) in [4.78, 5) is 22.7. The molecule has 0 saturated heterocycles. The van der Waals surface area contributed by atoms with E-state index in [4.69, 9.17) is 4.52 Å². The smallest absolute Gasteiger partial charge is 0.242 e. The van der Waals surface area contributed by atoms with Crippen LogP contribution in [0.4, 0.5) is 5.82 Å². The summed E-state index contributed by atoms with van der Waals surface area (Å²) in [5.74, 6) is 0.515. The van der Waals surface area contributed by atoms with Crippen molar-refractivity contribution in [3.8, 4) is 0 Å². The largest absolute Gasteiger partial charge is 0.361 e. The molecule has 0 aromatic carbocycles. The average molecular weight is 292 g/mol. The van der Waals surface area contributed by atoms with Crippen molar-refractivity contribution in [2.75, 3.05) is 5.32 Å². The normalized spacial score (nSPS) is 10.4. The Morgan fingerprint density at radius 1 is 1.38 bits per heavy atom. The van der Waals surface area contributed by atoms with Gasteiger partial charge < -0.3 is 15.2 Å². The Morgan fingerprint density at radius 3 is 2.76 bits per heavy atom. The van der Waals surface area contributed by atoms with Crippen LogP contribution in [0.3, 0.4) is 0 Å². The lowest BCUT2D eigenvalue weighted by Gasteiger charge is -2.04. The number of carbonyl (C=O) groups excluding carboxylic acids is 2. The molecule has 2 rings (SSSR count). The SMILES string of the molecule is CC(=O)Nc1cn(CC(=O)NCc2c(C)noc2C)nn1. The van der Waals surface area contributed by atoms with Crippen LogP contribution < -0.4 is 10.6 Å². The molecule has 0 atom stereocenters. The summed E-state index contributed by atoms with van der Waals surface area (Å²) in [6.45, 7) is 5.33. The Morgan fingerprint density at radius 2 is 2.14 bits per heavy atom. The number of rotatable bonds is 5. The number of hydrogen-bond donors (Lipinski definition) is 2. The first-order valence-corrected chi connectivity index (χ1v) is 6.32. The maximum absolute atomic E-state index is 11.8. The van der Waals surface area contributed by atoms with Gasteiger partial charge in [0.1, 0.15) is 12.3 Å². The fourth-order valence-corrected chi connectivity index (χ4v) is 1.76. The standard InChI is InChI=1S/C12H16N6O3/c1-7-10(8(2)21-16-7)4-13-12(20)6-18-5-11(15-17-18)14-9(3)19/h5H,4,6H2,1-3H3,(H,13,20)(H,14,19). The van der Waals surface area contributed by atoms with Gasteiger partial charge in [-0.2, -0.15) is 0 Å². The summed E-state index contributed by atoms with van der Waals surface area (Å²) in [5, 5.41) is 16.5. The molecule has 0 aliphatic rings. The van der Waals surface area contributed by atoms with Crippen LogP contribution in [-0.2, 0) is 22.7 Å². The van der Waals surface area contributed by atoms with E-state index in [2.05, 4.69) is 26.1 Å². The molecule has 2 aromatic heterocycles. The minimum atomic E-state index is -0.245. The van der Waals surface area contributed by atoms with Gasteiger partial charge in [-0.05, 0) is 13.8 Å². The van der Waals surface area contributed by atoms with Gasteiger partial charge in [0.15, 0.2) is 5.82 Å². The van der Waals surface area contributed by atoms with E-state index in [9.17, 15) is 9.59 Å². The third kappa shape index (κ3) is 3.88. The van der Waals surface area contributed by atoms with E-state index in [1.165, 1.54) is 17.8 Å². The lowest BCUT2D eigenvalue weighted by Crippen LogP contribution is -2.27. The van der Waals surface area contributed by atoms with E-state index in [1.807, 2.05) is 6.92 Å². The second-order valence-corrected chi connectivity index (χ2v) is 4.56. The molecule has 9 nitrogen and oxygen atoms in total. The van der Waals surface area contributed by atoms with Crippen LogP contribution in [0.1, 0.15) is 23.9 Å². The number of nitrogens with one attached hydrogen (secondary N) is 2. The molecule has 2 heterocycles. The van der Waals surface area contributed by atoms with Gasteiger partial charge in [-0.25, -0.2) is 4.68 Å². The number of carbonyl (C=O) groups is 2. The summed E-state index contributed by atoms with van der Waals surface area (Å²) in [6.07, 6.45) is 1.48. The Labute approximate surface area is 120 Å². The molecule has 0 aliphatic heterocycles. The zero-order valence-corrected chi connectivity index (χ0v) is 12.0. The van der Waals surface area contributed by atoms with Gasteiger partial charge in [0, 0.05) is 19.0 Å². The molecule has 0 bridgehead atoms. The second kappa shape index (κ2) is 6.16. The molecular formula is C12H16N6O3. The van der Waals surface area contributed by atoms with Crippen LogP contribution in [0.5, 0.6) is 0 Å². The monoisotopic (exact) mass is 292 g/mol.